The predicted molar refractivity (Wildman–Crippen MR) is 132 cm³/mol. The first-order valence-corrected chi connectivity index (χ1v) is 11.0. The van der Waals surface area contributed by atoms with Gasteiger partial charge >= 0.3 is 0 Å². The minimum atomic E-state index is -0.597. The van der Waals surface area contributed by atoms with Crippen LogP contribution in [0.4, 0.5) is 10.1 Å². The van der Waals surface area contributed by atoms with Gasteiger partial charge in [-0.05, 0) is 85.6 Å². The highest BCUT2D eigenvalue weighted by Gasteiger charge is 2.34. The number of amides is 2. The number of halogens is 1. The van der Waals surface area contributed by atoms with Crippen molar-refractivity contribution in [3.63, 3.8) is 0 Å². The number of benzene rings is 2. The molecule has 7 heteroatoms. The van der Waals surface area contributed by atoms with E-state index in [0.717, 1.165) is 27.5 Å². The summed E-state index contributed by atoms with van der Waals surface area (Å²) in [4.78, 5) is 27.0. The zero-order valence-electron chi connectivity index (χ0n) is 18.8. The molecule has 33 heavy (non-hydrogen) atoms. The van der Waals surface area contributed by atoms with E-state index in [1.807, 2.05) is 19.9 Å². The zero-order chi connectivity index (χ0) is 23.9. The number of nitrogens with zero attached hydrogens (tertiary/aromatic N) is 2. The van der Waals surface area contributed by atoms with Crippen LogP contribution in [0.3, 0.4) is 0 Å². The van der Waals surface area contributed by atoms with Crippen LogP contribution < -0.4 is 10.2 Å². The van der Waals surface area contributed by atoms with E-state index in [4.69, 9.17) is 12.2 Å². The molecule has 1 aliphatic rings. The van der Waals surface area contributed by atoms with Crippen molar-refractivity contribution >= 4 is 40.9 Å². The number of carbonyl (C=O) groups is 2. The first-order chi connectivity index (χ1) is 15.7. The quantitative estimate of drug-likeness (QED) is 0.331. The van der Waals surface area contributed by atoms with Crippen molar-refractivity contribution in [2.75, 3.05) is 4.90 Å². The number of anilines is 1. The summed E-state index contributed by atoms with van der Waals surface area (Å²) in [6, 6.07) is 15.8. The summed E-state index contributed by atoms with van der Waals surface area (Å²) in [5.41, 5.74) is 5.05. The van der Waals surface area contributed by atoms with Gasteiger partial charge in [0.25, 0.3) is 11.8 Å². The first-order valence-electron chi connectivity index (χ1n) is 10.6. The Morgan fingerprint density at radius 3 is 2.33 bits per heavy atom. The smallest absolute Gasteiger partial charge is 0.270 e. The highest BCUT2D eigenvalue weighted by molar-refractivity contribution is 7.80. The summed E-state index contributed by atoms with van der Waals surface area (Å²) in [6.07, 6.45) is 1.56. The standard InChI is InChI=1S/C26H24FN3O2S/c1-15(2)18-8-10-21(11-9-18)29-16(3)12-19(17(29)4)13-23-24(31)28-26(33)30(25(23)32)22-7-5-6-20(27)14-22/h5-15H,1-4H3,(H,28,31,33)/b23-13+. The van der Waals surface area contributed by atoms with Crippen molar-refractivity contribution in [2.24, 2.45) is 0 Å². The van der Waals surface area contributed by atoms with Gasteiger partial charge in [-0.25, -0.2) is 4.39 Å². The Hall–Kier alpha value is -3.58. The molecule has 0 atom stereocenters. The minimum Gasteiger partial charge on any atom is -0.318 e. The van der Waals surface area contributed by atoms with E-state index in [-0.39, 0.29) is 16.4 Å². The largest absolute Gasteiger partial charge is 0.318 e. The van der Waals surface area contributed by atoms with Gasteiger partial charge in [0.2, 0.25) is 0 Å². The van der Waals surface area contributed by atoms with Crippen LogP contribution in [0.25, 0.3) is 11.8 Å². The molecular weight excluding hydrogens is 437 g/mol. The van der Waals surface area contributed by atoms with E-state index >= 15 is 0 Å². The molecule has 168 valence electrons. The van der Waals surface area contributed by atoms with E-state index in [0.29, 0.717) is 5.92 Å². The number of rotatable bonds is 4. The van der Waals surface area contributed by atoms with Gasteiger partial charge < -0.3 is 4.57 Å². The average Bonchev–Trinajstić information content (AvgIpc) is 3.04. The summed E-state index contributed by atoms with van der Waals surface area (Å²) in [5, 5.41) is 2.46. The van der Waals surface area contributed by atoms with Gasteiger partial charge in [0.05, 0.1) is 5.69 Å². The molecule has 0 unspecified atom stereocenters. The molecule has 1 aliphatic heterocycles. The van der Waals surface area contributed by atoms with Crippen LogP contribution in [-0.4, -0.2) is 21.5 Å². The Morgan fingerprint density at radius 2 is 1.70 bits per heavy atom. The molecule has 1 saturated heterocycles. The number of nitrogens with one attached hydrogen (secondary N) is 1. The predicted octanol–water partition coefficient (Wildman–Crippen LogP) is 5.19. The summed E-state index contributed by atoms with van der Waals surface area (Å²) in [6.45, 7) is 8.21. The lowest BCUT2D eigenvalue weighted by atomic mass is 10.0. The molecule has 1 N–H and O–H groups in total. The van der Waals surface area contributed by atoms with Gasteiger partial charge in [-0.2, -0.15) is 0 Å². The van der Waals surface area contributed by atoms with Crippen LogP contribution in [0, 0.1) is 19.7 Å². The Kier molecular flexibility index (Phi) is 5.99. The summed E-state index contributed by atoms with van der Waals surface area (Å²) < 4.78 is 15.8. The molecule has 4 rings (SSSR count). The highest BCUT2D eigenvalue weighted by Crippen LogP contribution is 2.27. The molecule has 0 bridgehead atoms. The second kappa shape index (κ2) is 8.75. The Bertz CT molecular complexity index is 1310. The van der Waals surface area contributed by atoms with Gasteiger partial charge in [0, 0.05) is 17.1 Å². The number of hydrogen-bond acceptors (Lipinski definition) is 3. The first kappa shape index (κ1) is 22.6. The van der Waals surface area contributed by atoms with Gasteiger partial charge in [-0.3, -0.25) is 19.8 Å². The molecule has 0 aliphatic carbocycles. The lowest BCUT2D eigenvalue weighted by molar-refractivity contribution is -0.122. The van der Waals surface area contributed by atoms with Crippen molar-refractivity contribution < 1.29 is 14.0 Å². The van der Waals surface area contributed by atoms with Gasteiger partial charge in [-0.1, -0.05) is 32.0 Å². The van der Waals surface area contributed by atoms with Crippen molar-refractivity contribution in [1.29, 1.82) is 0 Å². The zero-order valence-corrected chi connectivity index (χ0v) is 19.7. The van der Waals surface area contributed by atoms with Crippen LogP contribution in [-0.2, 0) is 9.59 Å². The number of thiocarbonyl (C=S) groups is 1. The number of aromatic nitrogens is 1. The second-order valence-electron chi connectivity index (χ2n) is 8.35. The van der Waals surface area contributed by atoms with Crippen LogP contribution >= 0.6 is 12.2 Å². The molecule has 0 spiro atoms. The van der Waals surface area contributed by atoms with Gasteiger partial charge in [-0.15, -0.1) is 0 Å². The molecule has 3 aromatic rings. The number of aryl methyl sites for hydroxylation is 1. The monoisotopic (exact) mass is 461 g/mol. The van der Waals surface area contributed by atoms with Crippen LogP contribution in [0.15, 0.2) is 60.2 Å². The lowest BCUT2D eigenvalue weighted by Gasteiger charge is -2.28. The molecule has 5 nitrogen and oxygen atoms in total. The number of hydrogen-bond donors (Lipinski definition) is 1. The maximum atomic E-state index is 13.7. The number of carbonyl (C=O) groups excluding carboxylic acids is 2. The van der Waals surface area contributed by atoms with E-state index in [9.17, 15) is 14.0 Å². The molecule has 2 aromatic carbocycles. The lowest BCUT2D eigenvalue weighted by Crippen LogP contribution is -2.54. The van der Waals surface area contributed by atoms with Gasteiger partial charge in [0.15, 0.2) is 5.11 Å². The molecule has 1 aromatic heterocycles. The Morgan fingerprint density at radius 1 is 1.00 bits per heavy atom. The third-order valence-corrected chi connectivity index (χ3v) is 6.04. The highest BCUT2D eigenvalue weighted by atomic mass is 32.1. The molecule has 0 saturated carbocycles. The summed E-state index contributed by atoms with van der Waals surface area (Å²) in [7, 11) is 0. The van der Waals surface area contributed by atoms with Crippen LogP contribution in [0.2, 0.25) is 0 Å². The van der Waals surface area contributed by atoms with Crippen LogP contribution in [0.5, 0.6) is 0 Å². The van der Waals surface area contributed by atoms with E-state index in [1.165, 1.54) is 23.8 Å². The molecule has 1 fully saturated rings. The third-order valence-electron chi connectivity index (χ3n) is 5.76. The topological polar surface area (TPSA) is 54.3 Å². The summed E-state index contributed by atoms with van der Waals surface area (Å²) in [5.74, 6) is -1.24. The van der Waals surface area contributed by atoms with E-state index < -0.39 is 17.6 Å². The fourth-order valence-corrected chi connectivity index (χ4v) is 4.28. The fourth-order valence-electron chi connectivity index (χ4n) is 4.00. The molecule has 0 radical (unpaired) electrons. The molecule has 2 heterocycles. The Balaban J connectivity index is 1.73. The molecule has 2 amide bonds. The van der Waals surface area contributed by atoms with Crippen molar-refractivity contribution in [3.8, 4) is 5.69 Å². The normalized spacial score (nSPS) is 15.5. The SMILES string of the molecule is Cc1cc(/C=C2\C(=O)NC(=S)N(c3cccc(F)c3)C2=O)c(C)n1-c1ccc(C(C)C)cc1. The second-order valence-corrected chi connectivity index (χ2v) is 8.73. The maximum absolute atomic E-state index is 13.7. The van der Waals surface area contributed by atoms with Crippen molar-refractivity contribution in [1.82, 2.24) is 9.88 Å². The fraction of sp³-hybridized carbons (Fsp3) is 0.192. The maximum Gasteiger partial charge on any atom is 0.270 e. The Labute approximate surface area is 197 Å². The van der Waals surface area contributed by atoms with Gasteiger partial charge in [0.1, 0.15) is 11.4 Å². The third kappa shape index (κ3) is 4.24. The average molecular weight is 462 g/mol. The molecular formula is C26H24FN3O2S. The summed E-state index contributed by atoms with van der Waals surface area (Å²) >= 11 is 5.19. The van der Waals surface area contributed by atoms with Crippen molar-refractivity contribution in [2.45, 2.75) is 33.6 Å². The van der Waals surface area contributed by atoms with Crippen LogP contribution in [0.1, 0.15) is 42.3 Å². The van der Waals surface area contributed by atoms with Crippen molar-refractivity contribution in [3.05, 3.63) is 88.5 Å². The van der Waals surface area contributed by atoms with E-state index in [2.05, 4.69) is 48.0 Å². The van der Waals surface area contributed by atoms with E-state index in [1.54, 1.807) is 12.1 Å². The minimum absolute atomic E-state index is 0.0664.